The van der Waals surface area contributed by atoms with Crippen molar-refractivity contribution in [2.24, 2.45) is 0 Å². The molecule has 1 aromatic rings. The molecule has 4 nitrogen and oxygen atoms in total. The van der Waals surface area contributed by atoms with Crippen LogP contribution in [0.2, 0.25) is 0 Å². The first-order valence-electron chi connectivity index (χ1n) is 7.91. The summed E-state index contributed by atoms with van der Waals surface area (Å²) in [5.74, 6) is 0. The molecule has 1 aliphatic heterocycles. The molecule has 1 unspecified atom stereocenters. The van der Waals surface area contributed by atoms with Crippen molar-refractivity contribution in [3.8, 4) is 0 Å². The molecular formula is C16H25N3O. The molecule has 110 valence electrons. The Labute approximate surface area is 121 Å². The van der Waals surface area contributed by atoms with E-state index in [0.717, 1.165) is 32.8 Å². The number of pyridine rings is 1. The third-order valence-corrected chi connectivity index (χ3v) is 4.34. The minimum absolute atomic E-state index is 0.463. The Kier molecular flexibility index (Phi) is 5.01. The number of nitrogens with one attached hydrogen (secondary N) is 1. The van der Waals surface area contributed by atoms with Gasteiger partial charge in [0.05, 0.1) is 18.9 Å². The van der Waals surface area contributed by atoms with Crippen LogP contribution in [-0.4, -0.2) is 49.3 Å². The first kappa shape index (κ1) is 14.0. The van der Waals surface area contributed by atoms with Crippen LogP contribution in [0, 0.1) is 0 Å². The number of morpholine rings is 1. The van der Waals surface area contributed by atoms with E-state index in [9.17, 15) is 0 Å². The molecule has 3 rings (SSSR count). The van der Waals surface area contributed by atoms with Gasteiger partial charge in [-0.25, -0.2) is 0 Å². The molecule has 1 N–H and O–H groups in total. The molecule has 4 heteroatoms. The molecule has 1 atom stereocenters. The van der Waals surface area contributed by atoms with Gasteiger partial charge in [0.2, 0.25) is 0 Å². The molecule has 0 spiro atoms. The molecule has 2 heterocycles. The summed E-state index contributed by atoms with van der Waals surface area (Å²) >= 11 is 0. The fraction of sp³-hybridized carbons (Fsp3) is 0.688. The Morgan fingerprint density at radius 1 is 1.35 bits per heavy atom. The van der Waals surface area contributed by atoms with Gasteiger partial charge in [-0.3, -0.25) is 9.88 Å². The highest BCUT2D eigenvalue weighted by molar-refractivity contribution is 5.25. The topological polar surface area (TPSA) is 37.4 Å². The second-order valence-electron chi connectivity index (χ2n) is 5.75. The third-order valence-electron chi connectivity index (χ3n) is 4.34. The van der Waals surface area contributed by atoms with Crippen molar-refractivity contribution in [1.29, 1.82) is 0 Å². The zero-order valence-electron chi connectivity index (χ0n) is 12.2. The van der Waals surface area contributed by atoms with E-state index in [1.54, 1.807) is 0 Å². The molecule has 0 saturated carbocycles. The third kappa shape index (κ3) is 3.57. The van der Waals surface area contributed by atoms with Crippen LogP contribution in [0.4, 0.5) is 0 Å². The summed E-state index contributed by atoms with van der Waals surface area (Å²) < 4.78 is 5.37. The highest BCUT2D eigenvalue weighted by atomic mass is 16.5. The summed E-state index contributed by atoms with van der Waals surface area (Å²) in [6.07, 6.45) is 6.82. The van der Waals surface area contributed by atoms with Gasteiger partial charge in [-0.2, -0.15) is 0 Å². The molecule has 1 aromatic heterocycles. The number of nitrogens with zero attached hydrogens (tertiary/aromatic N) is 2. The lowest BCUT2D eigenvalue weighted by Gasteiger charge is -2.28. The average molecular weight is 275 g/mol. The zero-order chi connectivity index (χ0) is 13.6. The van der Waals surface area contributed by atoms with E-state index >= 15 is 0 Å². The van der Waals surface area contributed by atoms with Crippen LogP contribution in [-0.2, 0) is 11.2 Å². The number of hydrogen-bond donors (Lipinski definition) is 1. The fourth-order valence-corrected chi connectivity index (χ4v) is 3.21. The average Bonchev–Trinajstić information content (AvgIpc) is 2.53. The van der Waals surface area contributed by atoms with Gasteiger partial charge in [-0.1, -0.05) is 6.07 Å². The van der Waals surface area contributed by atoms with Crippen molar-refractivity contribution in [2.75, 3.05) is 39.4 Å². The van der Waals surface area contributed by atoms with Crippen LogP contribution in [0.5, 0.6) is 0 Å². The van der Waals surface area contributed by atoms with Gasteiger partial charge in [0.15, 0.2) is 0 Å². The summed E-state index contributed by atoms with van der Waals surface area (Å²) in [4.78, 5) is 7.08. The smallest absolute Gasteiger partial charge is 0.0605 e. The van der Waals surface area contributed by atoms with Crippen molar-refractivity contribution in [2.45, 2.75) is 31.7 Å². The van der Waals surface area contributed by atoms with Crippen LogP contribution in [0.25, 0.3) is 0 Å². The Morgan fingerprint density at radius 3 is 3.15 bits per heavy atom. The van der Waals surface area contributed by atoms with Gasteiger partial charge in [0.25, 0.3) is 0 Å². The normalized spacial score (nSPS) is 23.5. The predicted molar refractivity (Wildman–Crippen MR) is 79.8 cm³/mol. The van der Waals surface area contributed by atoms with Crippen LogP contribution in [0.1, 0.15) is 36.6 Å². The van der Waals surface area contributed by atoms with Gasteiger partial charge < -0.3 is 10.1 Å². The van der Waals surface area contributed by atoms with Crippen LogP contribution < -0.4 is 5.32 Å². The summed E-state index contributed by atoms with van der Waals surface area (Å²) in [6.45, 7) is 6.23. The minimum atomic E-state index is 0.463. The maximum Gasteiger partial charge on any atom is 0.0605 e. The van der Waals surface area contributed by atoms with E-state index in [-0.39, 0.29) is 0 Å². The van der Waals surface area contributed by atoms with E-state index in [1.807, 2.05) is 6.20 Å². The molecular weight excluding hydrogens is 250 g/mol. The van der Waals surface area contributed by atoms with Crippen LogP contribution >= 0.6 is 0 Å². The molecule has 1 fully saturated rings. The molecule has 0 aromatic carbocycles. The van der Waals surface area contributed by atoms with Crippen molar-refractivity contribution >= 4 is 0 Å². The first-order chi connectivity index (χ1) is 9.93. The van der Waals surface area contributed by atoms with Gasteiger partial charge >= 0.3 is 0 Å². The van der Waals surface area contributed by atoms with Crippen LogP contribution in [0.15, 0.2) is 18.3 Å². The Balaban J connectivity index is 1.43. The minimum Gasteiger partial charge on any atom is -0.379 e. The van der Waals surface area contributed by atoms with Gasteiger partial charge in [0, 0.05) is 25.3 Å². The Morgan fingerprint density at radius 2 is 2.25 bits per heavy atom. The number of aromatic nitrogens is 1. The molecule has 1 saturated heterocycles. The van der Waals surface area contributed by atoms with Crippen molar-refractivity contribution in [1.82, 2.24) is 15.2 Å². The molecule has 0 amide bonds. The molecule has 20 heavy (non-hydrogen) atoms. The van der Waals surface area contributed by atoms with E-state index < -0.39 is 0 Å². The highest BCUT2D eigenvalue weighted by Crippen LogP contribution is 2.27. The SMILES string of the molecule is c1cnc2c(c1)CCCC2NCCCN1CCOCC1. The highest BCUT2D eigenvalue weighted by Gasteiger charge is 2.20. The standard InChI is InChI=1S/C16H25N3O/c1-4-14-5-2-7-18-16(14)15(6-1)17-8-3-9-19-10-12-20-13-11-19/h2,5,7,15,17H,1,3-4,6,8-13H2. The number of hydrogen-bond acceptors (Lipinski definition) is 4. The largest absolute Gasteiger partial charge is 0.379 e. The monoisotopic (exact) mass is 275 g/mol. The summed E-state index contributed by atoms with van der Waals surface area (Å²) in [6, 6.07) is 4.74. The van der Waals surface area contributed by atoms with E-state index in [4.69, 9.17) is 4.74 Å². The zero-order valence-corrected chi connectivity index (χ0v) is 12.2. The van der Waals surface area contributed by atoms with E-state index in [2.05, 4.69) is 27.3 Å². The lowest BCUT2D eigenvalue weighted by molar-refractivity contribution is 0.0373. The molecule has 0 bridgehead atoms. The summed E-state index contributed by atoms with van der Waals surface area (Å²) in [7, 11) is 0. The van der Waals surface area contributed by atoms with Crippen molar-refractivity contribution in [3.63, 3.8) is 0 Å². The summed E-state index contributed by atoms with van der Waals surface area (Å²) in [5.41, 5.74) is 2.72. The fourth-order valence-electron chi connectivity index (χ4n) is 3.21. The van der Waals surface area contributed by atoms with E-state index in [1.165, 1.54) is 43.5 Å². The lowest BCUT2D eigenvalue weighted by Crippen LogP contribution is -2.38. The lowest BCUT2D eigenvalue weighted by atomic mass is 9.92. The Bertz CT molecular complexity index is 418. The number of rotatable bonds is 5. The van der Waals surface area contributed by atoms with Crippen LogP contribution in [0.3, 0.4) is 0 Å². The van der Waals surface area contributed by atoms with Crippen molar-refractivity contribution in [3.05, 3.63) is 29.6 Å². The molecule has 1 aliphatic carbocycles. The van der Waals surface area contributed by atoms with Gasteiger partial charge in [-0.15, -0.1) is 0 Å². The Hall–Kier alpha value is -0.970. The van der Waals surface area contributed by atoms with Gasteiger partial charge in [0.1, 0.15) is 0 Å². The second kappa shape index (κ2) is 7.16. The van der Waals surface area contributed by atoms with Crippen molar-refractivity contribution < 1.29 is 4.74 Å². The quantitative estimate of drug-likeness (QED) is 0.831. The number of fused-ring (bicyclic) bond motifs is 1. The molecule has 0 radical (unpaired) electrons. The maximum atomic E-state index is 5.37. The maximum absolute atomic E-state index is 5.37. The van der Waals surface area contributed by atoms with Gasteiger partial charge in [-0.05, 0) is 50.4 Å². The predicted octanol–water partition coefficient (Wildman–Crippen LogP) is 1.77. The van der Waals surface area contributed by atoms with E-state index in [0.29, 0.717) is 6.04 Å². The number of ether oxygens (including phenoxy) is 1. The summed E-state index contributed by atoms with van der Waals surface area (Å²) in [5, 5.41) is 3.70. The number of aryl methyl sites for hydroxylation is 1. The first-order valence-corrected chi connectivity index (χ1v) is 7.91. The molecule has 2 aliphatic rings. The second-order valence-corrected chi connectivity index (χ2v) is 5.75.